The summed E-state index contributed by atoms with van der Waals surface area (Å²) < 4.78 is 10.4. The Morgan fingerprint density at radius 1 is 1.48 bits per heavy atom. The quantitative estimate of drug-likeness (QED) is 0.641. The van der Waals surface area contributed by atoms with Gasteiger partial charge in [0, 0.05) is 13.1 Å². The molecule has 0 bridgehead atoms. The Labute approximate surface area is 125 Å². The maximum atomic E-state index is 11.3. The second-order valence-corrected chi connectivity index (χ2v) is 4.82. The number of nitrogens with two attached hydrogens (primary N) is 1. The lowest BCUT2D eigenvalue weighted by Crippen LogP contribution is -2.36. The first-order chi connectivity index (χ1) is 10.0. The number of ether oxygens (including phenoxy) is 2. The van der Waals surface area contributed by atoms with Gasteiger partial charge in [-0.05, 0) is 31.7 Å². The number of aliphatic hydroxyl groups is 1. The summed E-state index contributed by atoms with van der Waals surface area (Å²) in [5.74, 6) is 0.369. The van der Waals surface area contributed by atoms with E-state index in [1.165, 1.54) is 0 Å². The molecule has 0 saturated heterocycles. The molecule has 0 aliphatic carbocycles. The Kier molecular flexibility index (Phi) is 7.74. The van der Waals surface area contributed by atoms with Crippen LogP contribution in [0, 0.1) is 0 Å². The first-order valence-electron chi connectivity index (χ1n) is 6.99. The van der Waals surface area contributed by atoms with Gasteiger partial charge in [-0.2, -0.15) is 0 Å². The van der Waals surface area contributed by atoms with Gasteiger partial charge in [0.2, 0.25) is 0 Å². The monoisotopic (exact) mass is 296 g/mol. The summed E-state index contributed by atoms with van der Waals surface area (Å²) >= 11 is 0. The summed E-state index contributed by atoms with van der Waals surface area (Å²) in [6.07, 6.45) is -0.689. The standard InChI is InChI=1S/C15H24N2O4/c1-3-20-15(19)10-17(2)9-13(18)11-21-14-6-4-5-12(7-14)8-16/h4-7,13,18H,3,8-11,16H2,1-2H3. The highest BCUT2D eigenvalue weighted by molar-refractivity contribution is 5.71. The Bertz CT molecular complexity index is 439. The molecule has 0 aliphatic heterocycles. The molecule has 0 fully saturated rings. The van der Waals surface area contributed by atoms with Gasteiger partial charge in [-0.25, -0.2) is 0 Å². The number of hydrogen-bond acceptors (Lipinski definition) is 6. The van der Waals surface area contributed by atoms with Gasteiger partial charge in [0.05, 0.1) is 13.2 Å². The molecule has 1 rings (SSSR count). The fourth-order valence-corrected chi connectivity index (χ4v) is 1.86. The summed E-state index contributed by atoms with van der Waals surface area (Å²) in [5.41, 5.74) is 6.53. The molecule has 0 aliphatic rings. The lowest BCUT2D eigenvalue weighted by molar-refractivity contribution is -0.144. The number of likely N-dealkylation sites (N-methyl/N-ethyl adjacent to an activating group) is 1. The van der Waals surface area contributed by atoms with Crippen LogP contribution in [0.15, 0.2) is 24.3 Å². The highest BCUT2D eigenvalue weighted by Crippen LogP contribution is 2.13. The fraction of sp³-hybridized carbons (Fsp3) is 0.533. The molecule has 118 valence electrons. The maximum Gasteiger partial charge on any atom is 0.320 e. The molecule has 0 saturated carbocycles. The van der Waals surface area contributed by atoms with Crippen molar-refractivity contribution >= 4 is 5.97 Å². The van der Waals surface area contributed by atoms with E-state index < -0.39 is 6.10 Å². The lowest BCUT2D eigenvalue weighted by atomic mass is 10.2. The number of hydrogen-bond donors (Lipinski definition) is 2. The van der Waals surface area contributed by atoms with E-state index >= 15 is 0 Å². The molecule has 6 nitrogen and oxygen atoms in total. The molecule has 1 aromatic carbocycles. The highest BCUT2D eigenvalue weighted by Gasteiger charge is 2.12. The van der Waals surface area contributed by atoms with Crippen LogP contribution >= 0.6 is 0 Å². The average Bonchev–Trinajstić information content (AvgIpc) is 2.45. The van der Waals surface area contributed by atoms with Crippen LogP contribution in [0.4, 0.5) is 0 Å². The van der Waals surface area contributed by atoms with Crippen LogP contribution < -0.4 is 10.5 Å². The third kappa shape index (κ3) is 7.08. The number of carbonyl (C=O) groups is 1. The molecule has 1 unspecified atom stereocenters. The molecule has 6 heteroatoms. The van der Waals surface area contributed by atoms with Gasteiger partial charge in [0.25, 0.3) is 0 Å². The normalized spacial score (nSPS) is 12.2. The van der Waals surface area contributed by atoms with E-state index in [0.717, 1.165) is 5.56 Å². The third-order valence-corrected chi connectivity index (χ3v) is 2.80. The molecular weight excluding hydrogens is 272 g/mol. The van der Waals surface area contributed by atoms with Crippen LogP contribution in [0.1, 0.15) is 12.5 Å². The van der Waals surface area contributed by atoms with Crippen molar-refractivity contribution in [1.29, 1.82) is 0 Å². The van der Waals surface area contributed by atoms with E-state index in [0.29, 0.717) is 25.4 Å². The first kappa shape index (κ1) is 17.4. The zero-order chi connectivity index (χ0) is 15.7. The van der Waals surface area contributed by atoms with Crippen molar-refractivity contribution < 1.29 is 19.4 Å². The van der Waals surface area contributed by atoms with Crippen molar-refractivity contribution in [3.8, 4) is 5.75 Å². The number of nitrogens with zero attached hydrogens (tertiary/aromatic N) is 1. The van der Waals surface area contributed by atoms with Crippen molar-refractivity contribution in [2.45, 2.75) is 19.6 Å². The highest BCUT2D eigenvalue weighted by atomic mass is 16.5. The summed E-state index contributed by atoms with van der Waals surface area (Å²) in [7, 11) is 1.75. The van der Waals surface area contributed by atoms with E-state index in [9.17, 15) is 9.90 Å². The van der Waals surface area contributed by atoms with Crippen LogP contribution in [-0.2, 0) is 16.1 Å². The molecule has 0 amide bonds. The van der Waals surface area contributed by atoms with Gasteiger partial charge in [0.15, 0.2) is 0 Å². The average molecular weight is 296 g/mol. The lowest BCUT2D eigenvalue weighted by Gasteiger charge is -2.20. The van der Waals surface area contributed by atoms with E-state index in [-0.39, 0.29) is 19.1 Å². The second-order valence-electron chi connectivity index (χ2n) is 4.82. The molecular formula is C15H24N2O4. The van der Waals surface area contributed by atoms with E-state index in [2.05, 4.69) is 0 Å². The van der Waals surface area contributed by atoms with Gasteiger partial charge in [0.1, 0.15) is 18.5 Å². The molecule has 3 N–H and O–H groups in total. The predicted molar refractivity (Wildman–Crippen MR) is 80.0 cm³/mol. The van der Waals surface area contributed by atoms with Crippen LogP contribution in [0.5, 0.6) is 5.75 Å². The number of rotatable bonds is 9. The third-order valence-electron chi connectivity index (χ3n) is 2.80. The fourth-order valence-electron chi connectivity index (χ4n) is 1.86. The topological polar surface area (TPSA) is 85.0 Å². The first-order valence-corrected chi connectivity index (χ1v) is 6.99. The largest absolute Gasteiger partial charge is 0.491 e. The number of aliphatic hydroxyl groups excluding tert-OH is 1. The van der Waals surface area contributed by atoms with Crippen molar-refractivity contribution in [1.82, 2.24) is 4.90 Å². The zero-order valence-corrected chi connectivity index (χ0v) is 12.6. The molecule has 21 heavy (non-hydrogen) atoms. The van der Waals surface area contributed by atoms with E-state index in [1.54, 1.807) is 18.9 Å². The van der Waals surface area contributed by atoms with Crippen LogP contribution in [0.2, 0.25) is 0 Å². The molecule has 1 atom stereocenters. The molecule has 0 radical (unpaired) electrons. The molecule has 0 heterocycles. The van der Waals surface area contributed by atoms with Crippen LogP contribution in [0.25, 0.3) is 0 Å². The second kappa shape index (κ2) is 9.33. The summed E-state index contributed by atoms with van der Waals surface area (Å²) in [4.78, 5) is 13.0. The Balaban J connectivity index is 2.32. The van der Waals surface area contributed by atoms with Crippen molar-refractivity contribution in [3.05, 3.63) is 29.8 Å². The summed E-state index contributed by atoms with van der Waals surface area (Å²) in [5, 5.41) is 9.91. The van der Waals surface area contributed by atoms with E-state index in [1.807, 2.05) is 24.3 Å². The Morgan fingerprint density at radius 3 is 2.90 bits per heavy atom. The van der Waals surface area contributed by atoms with Crippen LogP contribution in [-0.4, -0.2) is 55.4 Å². The van der Waals surface area contributed by atoms with Crippen LogP contribution in [0.3, 0.4) is 0 Å². The Morgan fingerprint density at radius 2 is 2.24 bits per heavy atom. The maximum absolute atomic E-state index is 11.3. The molecule has 0 aromatic heterocycles. The van der Waals surface area contributed by atoms with Gasteiger partial charge < -0.3 is 20.3 Å². The van der Waals surface area contributed by atoms with Gasteiger partial charge >= 0.3 is 5.97 Å². The number of carbonyl (C=O) groups excluding carboxylic acids is 1. The van der Waals surface area contributed by atoms with Gasteiger partial charge in [-0.3, -0.25) is 9.69 Å². The zero-order valence-electron chi connectivity index (χ0n) is 12.6. The minimum absolute atomic E-state index is 0.146. The minimum atomic E-state index is -0.689. The molecule has 1 aromatic rings. The van der Waals surface area contributed by atoms with Gasteiger partial charge in [-0.15, -0.1) is 0 Å². The smallest absolute Gasteiger partial charge is 0.320 e. The van der Waals surface area contributed by atoms with Crippen molar-refractivity contribution in [2.75, 3.05) is 33.4 Å². The van der Waals surface area contributed by atoms with Gasteiger partial charge in [-0.1, -0.05) is 12.1 Å². The molecule has 0 spiro atoms. The SMILES string of the molecule is CCOC(=O)CN(C)CC(O)COc1cccc(CN)c1. The summed E-state index contributed by atoms with van der Waals surface area (Å²) in [6, 6.07) is 7.43. The number of benzene rings is 1. The predicted octanol–water partition coefficient (Wildman–Crippen LogP) is 0.380. The number of esters is 1. The van der Waals surface area contributed by atoms with E-state index in [4.69, 9.17) is 15.2 Å². The summed E-state index contributed by atoms with van der Waals surface area (Å²) in [6.45, 7) is 3.19. The Hall–Kier alpha value is -1.63. The minimum Gasteiger partial charge on any atom is -0.491 e. The van der Waals surface area contributed by atoms with Crippen molar-refractivity contribution in [2.24, 2.45) is 5.73 Å². The van der Waals surface area contributed by atoms with Crippen molar-refractivity contribution in [3.63, 3.8) is 0 Å².